The minimum absolute atomic E-state index is 0.0284. The van der Waals surface area contributed by atoms with Crippen molar-refractivity contribution in [3.63, 3.8) is 0 Å². The third-order valence-corrected chi connectivity index (χ3v) is 6.83. The molecular weight excluding hydrogens is 568 g/mol. The van der Waals surface area contributed by atoms with Crippen molar-refractivity contribution < 1.29 is 39.5 Å². The molecule has 0 amide bonds. The fourth-order valence-corrected chi connectivity index (χ4v) is 4.67. The summed E-state index contributed by atoms with van der Waals surface area (Å²) in [6.45, 7) is 0. The Morgan fingerprint density at radius 3 is 1.39 bits per heavy atom. The number of rotatable bonds is 8. The van der Waals surface area contributed by atoms with Crippen LogP contribution in [0.2, 0.25) is 0 Å². The molecule has 0 aliphatic carbocycles. The maximum atomic E-state index is 13.3. The molecule has 0 atom stereocenters. The van der Waals surface area contributed by atoms with Gasteiger partial charge in [-0.1, -0.05) is 54.6 Å². The number of hydrogen-bond acceptors (Lipinski definition) is 10. The highest BCUT2D eigenvalue weighted by atomic mass is 16.4. The number of hydrogen-bond donors (Lipinski definition) is 6. The first-order valence-corrected chi connectivity index (χ1v) is 13.3. The molecule has 5 rings (SSSR count). The van der Waals surface area contributed by atoms with Crippen LogP contribution in [-0.2, 0) is 6.42 Å². The Bertz CT molecular complexity index is 1880. The summed E-state index contributed by atoms with van der Waals surface area (Å²) in [6.07, 6.45) is 5.77. The number of phenols is 4. The van der Waals surface area contributed by atoms with Gasteiger partial charge in [0, 0.05) is 18.1 Å². The van der Waals surface area contributed by atoms with E-state index in [-0.39, 0.29) is 52.1 Å². The van der Waals surface area contributed by atoms with Crippen molar-refractivity contribution in [2.24, 2.45) is 0 Å². The molecule has 0 aliphatic heterocycles. The molecule has 0 saturated heterocycles. The molecule has 6 N–H and O–H groups in total. The van der Waals surface area contributed by atoms with Crippen LogP contribution in [0.1, 0.15) is 45.3 Å². The van der Waals surface area contributed by atoms with E-state index in [1.165, 1.54) is 72.8 Å². The van der Waals surface area contributed by atoms with E-state index in [1.807, 2.05) is 0 Å². The van der Waals surface area contributed by atoms with Crippen LogP contribution in [-0.4, -0.2) is 30.6 Å². The van der Waals surface area contributed by atoms with Gasteiger partial charge >= 0.3 is 11.3 Å². The minimum Gasteiger partial charge on any atom is -0.507 e. The Hall–Kier alpha value is -6.16. The smallest absolute Gasteiger partial charge is 0.343 e. The monoisotopic (exact) mass is 594 g/mol. The molecule has 10 heteroatoms. The van der Waals surface area contributed by atoms with E-state index in [1.54, 1.807) is 30.3 Å². The van der Waals surface area contributed by atoms with Crippen LogP contribution in [0.25, 0.3) is 24.3 Å². The van der Waals surface area contributed by atoms with E-state index >= 15 is 0 Å². The summed E-state index contributed by atoms with van der Waals surface area (Å²) in [5.41, 5.74) is -0.775. The molecule has 3 aromatic carbocycles. The van der Waals surface area contributed by atoms with Crippen LogP contribution in [0.4, 0.5) is 0 Å². The van der Waals surface area contributed by atoms with Gasteiger partial charge in [0.25, 0.3) is 0 Å². The van der Waals surface area contributed by atoms with Crippen molar-refractivity contribution in [1.82, 2.24) is 0 Å². The quantitative estimate of drug-likeness (QED) is 0.125. The molecule has 44 heavy (non-hydrogen) atoms. The molecule has 0 bridgehead atoms. The largest absolute Gasteiger partial charge is 0.507 e. The number of phenolic OH excluding ortho intramolecular Hbond substituents is 4. The Morgan fingerprint density at radius 1 is 0.523 bits per heavy atom. The van der Waals surface area contributed by atoms with Crippen molar-refractivity contribution in [2.75, 3.05) is 0 Å². The van der Waals surface area contributed by atoms with Gasteiger partial charge in [0.05, 0.1) is 11.1 Å². The lowest BCUT2D eigenvalue weighted by Gasteiger charge is -2.18. The predicted molar refractivity (Wildman–Crippen MR) is 163 cm³/mol. The van der Waals surface area contributed by atoms with Crippen LogP contribution in [0.3, 0.4) is 0 Å². The second-order valence-corrected chi connectivity index (χ2v) is 9.88. The zero-order valence-electron chi connectivity index (χ0n) is 22.9. The summed E-state index contributed by atoms with van der Waals surface area (Å²) >= 11 is 0. The standard InChI is InChI=1S/C34H26O10/c35-25-12-8-20(15-27(25)37)6-10-22-17-29(39)31(33(41)43-22)24(14-19-4-2-1-3-5-19)32-30(40)18-23(44-34(32)42)11-7-21-9-13-26(36)28(38)16-21/h1-13,15-18,24,35-40H,14H2/b10-6+,11-7+. The van der Waals surface area contributed by atoms with Crippen LogP contribution in [0.5, 0.6) is 34.5 Å². The van der Waals surface area contributed by atoms with E-state index in [9.17, 15) is 40.2 Å². The summed E-state index contributed by atoms with van der Waals surface area (Å²) in [5, 5.41) is 60.4. The molecule has 0 saturated carbocycles. The lowest BCUT2D eigenvalue weighted by Crippen LogP contribution is -2.22. The molecule has 0 fully saturated rings. The molecular formula is C34H26O10. The number of benzene rings is 3. The molecule has 0 spiro atoms. The molecule has 2 aromatic heterocycles. The second kappa shape index (κ2) is 12.4. The first kappa shape index (κ1) is 29.3. The summed E-state index contributed by atoms with van der Waals surface area (Å²) in [7, 11) is 0. The van der Waals surface area contributed by atoms with Crippen molar-refractivity contribution in [3.8, 4) is 34.5 Å². The van der Waals surface area contributed by atoms with E-state index in [0.29, 0.717) is 16.7 Å². The second-order valence-electron chi connectivity index (χ2n) is 9.88. The molecule has 5 aromatic rings. The maximum absolute atomic E-state index is 13.3. The predicted octanol–water partition coefficient (Wildman–Crippen LogP) is 5.54. The zero-order chi connectivity index (χ0) is 31.4. The van der Waals surface area contributed by atoms with Crippen molar-refractivity contribution in [3.05, 3.63) is 139 Å². The Balaban J connectivity index is 1.53. The molecule has 10 nitrogen and oxygen atoms in total. The zero-order valence-corrected chi connectivity index (χ0v) is 22.9. The van der Waals surface area contributed by atoms with E-state index in [0.717, 1.165) is 0 Å². The Kier molecular flexibility index (Phi) is 8.25. The van der Waals surface area contributed by atoms with E-state index in [4.69, 9.17) is 8.83 Å². The summed E-state index contributed by atoms with van der Waals surface area (Å²) in [4.78, 5) is 26.6. The normalized spacial score (nSPS) is 11.6. The van der Waals surface area contributed by atoms with Gasteiger partial charge in [-0.2, -0.15) is 0 Å². The highest BCUT2D eigenvalue weighted by molar-refractivity contribution is 5.70. The van der Waals surface area contributed by atoms with Gasteiger partial charge < -0.3 is 39.5 Å². The molecule has 2 heterocycles. The van der Waals surface area contributed by atoms with Gasteiger partial charge in [-0.25, -0.2) is 9.59 Å². The first-order valence-electron chi connectivity index (χ1n) is 13.3. The van der Waals surface area contributed by atoms with Crippen molar-refractivity contribution >= 4 is 24.3 Å². The van der Waals surface area contributed by atoms with Gasteiger partial charge in [-0.3, -0.25) is 0 Å². The Labute approximate surface area is 249 Å². The SMILES string of the molecule is O=c1oc(/C=C/c2ccc(O)c(O)c2)cc(O)c1C(Cc1ccccc1)c1c(O)cc(/C=C/c2ccc(O)c(O)c2)oc1=O. The highest BCUT2D eigenvalue weighted by Crippen LogP contribution is 2.36. The van der Waals surface area contributed by atoms with Crippen molar-refractivity contribution in [2.45, 2.75) is 12.3 Å². The average Bonchev–Trinajstić information content (AvgIpc) is 2.98. The highest BCUT2D eigenvalue weighted by Gasteiger charge is 2.29. The fraction of sp³-hybridized carbons (Fsp3) is 0.0588. The molecule has 222 valence electrons. The van der Waals surface area contributed by atoms with E-state index < -0.39 is 28.7 Å². The van der Waals surface area contributed by atoms with Crippen LogP contribution in [0.15, 0.2) is 97.3 Å². The molecule has 0 aliphatic rings. The van der Waals surface area contributed by atoms with Crippen LogP contribution in [0, 0.1) is 0 Å². The topological polar surface area (TPSA) is 182 Å². The lowest BCUT2D eigenvalue weighted by atomic mass is 9.86. The van der Waals surface area contributed by atoms with E-state index in [2.05, 4.69) is 0 Å². The Morgan fingerprint density at radius 2 is 0.977 bits per heavy atom. The van der Waals surface area contributed by atoms with Crippen LogP contribution < -0.4 is 11.3 Å². The van der Waals surface area contributed by atoms with Gasteiger partial charge in [-0.15, -0.1) is 0 Å². The van der Waals surface area contributed by atoms with Gasteiger partial charge in [0.15, 0.2) is 23.0 Å². The average molecular weight is 595 g/mol. The number of aromatic hydroxyl groups is 6. The first-order chi connectivity index (χ1) is 21.1. The van der Waals surface area contributed by atoms with Gasteiger partial charge in [0.2, 0.25) is 0 Å². The minimum atomic E-state index is -1.16. The maximum Gasteiger partial charge on any atom is 0.343 e. The van der Waals surface area contributed by atoms with Gasteiger partial charge in [-0.05, 0) is 59.5 Å². The fourth-order valence-electron chi connectivity index (χ4n) is 4.67. The van der Waals surface area contributed by atoms with Gasteiger partial charge in [0.1, 0.15) is 23.0 Å². The lowest BCUT2D eigenvalue weighted by molar-refractivity contribution is 0.403. The van der Waals surface area contributed by atoms with Crippen LogP contribution >= 0.6 is 0 Å². The third-order valence-electron chi connectivity index (χ3n) is 6.83. The third kappa shape index (κ3) is 6.50. The molecule has 0 unspecified atom stereocenters. The summed E-state index contributed by atoms with van der Waals surface area (Å²) in [5.74, 6) is -3.45. The summed E-state index contributed by atoms with van der Waals surface area (Å²) in [6, 6.07) is 19.4. The summed E-state index contributed by atoms with van der Waals surface area (Å²) < 4.78 is 10.9. The van der Waals surface area contributed by atoms with Crippen molar-refractivity contribution in [1.29, 1.82) is 0 Å². The molecule has 0 radical (unpaired) electrons.